The number of fused-ring (bicyclic) bond motifs is 3. The van der Waals surface area contributed by atoms with Crippen molar-refractivity contribution in [3.05, 3.63) is 41.5 Å². The molecular weight excluding hydrogens is 236 g/mol. The summed E-state index contributed by atoms with van der Waals surface area (Å²) in [6, 6.07) is 10.3. The number of hydrogen-bond acceptors (Lipinski definition) is 2. The molecule has 0 aromatic heterocycles. The molecule has 0 saturated heterocycles. The van der Waals surface area contributed by atoms with Crippen molar-refractivity contribution in [1.29, 1.82) is 5.26 Å². The molecule has 3 heteroatoms. The van der Waals surface area contributed by atoms with Gasteiger partial charge in [0.2, 0.25) is 5.91 Å². The van der Waals surface area contributed by atoms with Crippen molar-refractivity contribution in [1.82, 2.24) is 0 Å². The minimum atomic E-state index is -0.682. The van der Waals surface area contributed by atoms with E-state index in [4.69, 9.17) is 0 Å². The minimum Gasteiger partial charge on any atom is -0.315 e. The maximum atomic E-state index is 12.5. The third kappa shape index (κ3) is 1.46. The van der Waals surface area contributed by atoms with Crippen molar-refractivity contribution in [2.24, 2.45) is 5.92 Å². The van der Waals surface area contributed by atoms with Crippen LogP contribution >= 0.6 is 0 Å². The van der Waals surface area contributed by atoms with Gasteiger partial charge in [-0.1, -0.05) is 29.8 Å². The first-order valence-electron chi connectivity index (χ1n) is 6.54. The number of rotatable bonds is 0. The fraction of sp³-hybridized carbons (Fsp3) is 0.375. The molecule has 2 atom stereocenters. The molecule has 0 bridgehead atoms. The lowest BCUT2D eigenvalue weighted by Crippen LogP contribution is -2.51. The second kappa shape index (κ2) is 3.96. The molecule has 96 valence electrons. The molecule has 0 N–H and O–H groups in total. The Morgan fingerprint density at radius 1 is 1.42 bits per heavy atom. The van der Waals surface area contributed by atoms with Gasteiger partial charge in [-0.3, -0.25) is 4.79 Å². The standard InChI is InChI=1S/C16H16N2O/c1-11-7-8-13-15(19)18(2)14-6-4-3-5-12(14)16(13,9-11)10-17/h3-7,13H,8-9H2,1-2H3/t13-,16-/m1/s1. The van der Waals surface area contributed by atoms with Crippen LogP contribution in [0, 0.1) is 17.2 Å². The minimum absolute atomic E-state index is 0.0593. The van der Waals surface area contributed by atoms with Crippen LogP contribution in [0.15, 0.2) is 35.9 Å². The Balaban J connectivity index is 2.29. The van der Waals surface area contributed by atoms with Crippen LogP contribution in [0.4, 0.5) is 5.69 Å². The van der Waals surface area contributed by atoms with Crippen molar-refractivity contribution < 1.29 is 4.79 Å². The van der Waals surface area contributed by atoms with E-state index in [-0.39, 0.29) is 11.8 Å². The Hall–Kier alpha value is -2.08. The third-order valence-corrected chi connectivity index (χ3v) is 4.43. The summed E-state index contributed by atoms with van der Waals surface area (Å²) in [4.78, 5) is 14.2. The van der Waals surface area contributed by atoms with Gasteiger partial charge in [-0.2, -0.15) is 5.26 Å². The van der Waals surface area contributed by atoms with E-state index in [0.717, 1.165) is 11.3 Å². The highest BCUT2D eigenvalue weighted by atomic mass is 16.2. The first-order chi connectivity index (χ1) is 9.10. The molecule has 0 fully saturated rings. The molecule has 0 spiro atoms. The maximum Gasteiger partial charge on any atom is 0.232 e. The summed E-state index contributed by atoms with van der Waals surface area (Å²) in [6.07, 6.45) is 3.42. The molecule has 1 aromatic carbocycles. The lowest BCUT2D eigenvalue weighted by atomic mass is 9.61. The number of carbonyl (C=O) groups is 1. The van der Waals surface area contributed by atoms with Gasteiger partial charge in [-0.25, -0.2) is 0 Å². The Morgan fingerprint density at radius 2 is 2.16 bits per heavy atom. The van der Waals surface area contributed by atoms with Gasteiger partial charge in [0, 0.05) is 12.7 Å². The van der Waals surface area contributed by atoms with Gasteiger partial charge in [-0.05, 0) is 31.4 Å². The monoisotopic (exact) mass is 252 g/mol. The summed E-state index contributed by atoms with van der Waals surface area (Å²) in [5.41, 5.74) is 2.39. The van der Waals surface area contributed by atoms with Crippen molar-refractivity contribution in [3.8, 4) is 6.07 Å². The van der Waals surface area contributed by atoms with Crippen molar-refractivity contribution >= 4 is 11.6 Å². The fourth-order valence-corrected chi connectivity index (χ4v) is 3.42. The number of anilines is 1. The topological polar surface area (TPSA) is 44.1 Å². The summed E-state index contributed by atoms with van der Waals surface area (Å²) < 4.78 is 0. The molecule has 3 rings (SSSR count). The highest BCUT2D eigenvalue weighted by molar-refractivity contribution is 6.00. The van der Waals surface area contributed by atoms with E-state index in [1.807, 2.05) is 31.2 Å². The van der Waals surface area contributed by atoms with Crippen molar-refractivity contribution in [3.63, 3.8) is 0 Å². The van der Waals surface area contributed by atoms with Crippen molar-refractivity contribution in [2.75, 3.05) is 11.9 Å². The summed E-state index contributed by atoms with van der Waals surface area (Å²) in [6.45, 7) is 2.04. The Bertz CT molecular complexity index is 626. The van der Waals surface area contributed by atoms with Crippen molar-refractivity contribution in [2.45, 2.75) is 25.2 Å². The first-order valence-corrected chi connectivity index (χ1v) is 6.54. The van der Waals surface area contributed by atoms with Crippen LogP contribution in [0.5, 0.6) is 0 Å². The number of carbonyl (C=O) groups excluding carboxylic acids is 1. The lowest BCUT2D eigenvalue weighted by molar-refractivity contribution is -0.124. The van der Waals surface area contributed by atoms with Gasteiger partial charge in [0.1, 0.15) is 0 Å². The van der Waals surface area contributed by atoms with Crippen LogP contribution < -0.4 is 4.90 Å². The average molecular weight is 252 g/mol. The number of benzene rings is 1. The zero-order chi connectivity index (χ0) is 13.6. The normalized spacial score (nSPS) is 29.1. The number of hydrogen-bond donors (Lipinski definition) is 0. The second-order valence-corrected chi connectivity index (χ2v) is 5.51. The van der Waals surface area contributed by atoms with Crippen LogP contribution in [0.2, 0.25) is 0 Å². The number of nitrogens with zero attached hydrogens (tertiary/aromatic N) is 2. The highest BCUT2D eigenvalue weighted by Crippen LogP contribution is 2.50. The molecule has 1 amide bonds. The zero-order valence-electron chi connectivity index (χ0n) is 11.2. The molecule has 1 aliphatic heterocycles. The predicted molar refractivity (Wildman–Crippen MR) is 73.6 cm³/mol. The fourth-order valence-electron chi connectivity index (χ4n) is 3.42. The van der Waals surface area contributed by atoms with Gasteiger partial charge in [0.15, 0.2) is 0 Å². The smallest absolute Gasteiger partial charge is 0.232 e. The van der Waals surface area contributed by atoms with Crippen LogP contribution in [0.3, 0.4) is 0 Å². The molecule has 0 radical (unpaired) electrons. The Morgan fingerprint density at radius 3 is 2.89 bits per heavy atom. The SMILES string of the molecule is CC1=CC[C@@H]2C(=O)N(C)c3ccccc3[C@]2(C#N)C1. The van der Waals surface area contributed by atoms with Crippen LogP contribution in [-0.4, -0.2) is 13.0 Å². The van der Waals surface area contributed by atoms with Gasteiger partial charge in [-0.15, -0.1) is 0 Å². The van der Waals surface area contributed by atoms with E-state index in [9.17, 15) is 10.1 Å². The number of nitriles is 1. The van der Waals surface area contributed by atoms with E-state index in [1.54, 1.807) is 11.9 Å². The molecule has 2 aliphatic rings. The molecule has 0 saturated carbocycles. The molecule has 1 heterocycles. The Labute approximate surface area is 113 Å². The Kier molecular flexibility index (Phi) is 2.50. The van der Waals surface area contributed by atoms with Gasteiger partial charge in [0.25, 0.3) is 0 Å². The highest BCUT2D eigenvalue weighted by Gasteiger charge is 2.51. The van der Waals surface area contributed by atoms with E-state index < -0.39 is 5.41 Å². The van der Waals surface area contributed by atoms with Crippen LogP contribution in [0.1, 0.15) is 25.3 Å². The van der Waals surface area contributed by atoms with E-state index in [1.165, 1.54) is 5.57 Å². The number of amides is 1. The molecule has 1 aliphatic carbocycles. The summed E-state index contributed by atoms with van der Waals surface area (Å²) in [5.74, 6) is -0.190. The average Bonchev–Trinajstić information content (AvgIpc) is 2.44. The molecule has 1 aromatic rings. The molecule has 19 heavy (non-hydrogen) atoms. The molecule has 0 unspecified atom stereocenters. The lowest BCUT2D eigenvalue weighted by Gasteiger charge is -2.45. The predicted octanol–water partition coefficient (Wildman–Crippen LogP) is 2.78. The molecule has 3 nitrogen and oxygen atoms in total. The maximum absolute atomic E-state index is 12.5. The largest absolute Gasteiger partial charge is 0.315 e. The van der Waals surface area contributed by atoms with Crippen LogP contribution in [0.25, 0.3) is 0 Å². The van der Waals surface area contributed by atoms with Gasteiger partial charge >= 0.3 is 0 Å². The third-order valence-electron chi connectivity index (χ3n) is 4.43. The van der Waals surface area contributed by atoms with Gasteiger partial charge < -0.3 is 4.90 Å². The number of para-hydroxylation sites is 1. The van der Waals surface area contributed by atoms with Crippen LogP contribution in [-0.2, 0) is 10.2 Å². The van der Waals surface area contributed by atoms with E-state index in [2.05, 4.69) is 12.1 Å². The van der Waals surface area contributed by atoms with E-state index in [0.29, 0.717) is 12.8 Å². The molecular formula is C16H16N2O. The quantitative estimate of drug-likeness (QED) is 0.666. The summed E-state index contributed by atoms with van der Waals surface area (Å²) >= 11 is 0. The second-order valence-electron chi connectivity index (χ2n) is 5.51. The summed E-state index contributed by atoms with van der Waals surface area (Å²) in [7, 11) is 1.80. The van der Waals surface area contributed by atoms with Gasteiger partial charge in [0.05, 0.1) is 17.4 Å². The number of allylic oxidation sites excluding steroid dienone is 2. The zero-order valence-corrected chi connectivity index (χ0v) is 11.2. The summed E-state index contributed by atoms with van der Waals surface area (Å²) in [5, 5.41) is 9.80. The first kappa shape index (κ1) is 12.0. The van der Waals surface area contributed by atoms with E-state index >= 15 is 0 Å².